The molecule has 0 spiro atoms. The molecular weight excluding hydrogens is 323 g/mol. The number of hydrogen-bond donors (Lipinski definition) is 1. The monoisotopic (exact) mass is 341 g/mol. The van der Waals surface area contributed by atoms with Crippen LogP contribution in [0.2, 0.25) is 0 Å². The van der Waals surface area contributed by atoms with E-state index in [1.807, 2.05) is 6.07 Å². The molecule has 0 aromatic heterocycles. The number of benzene rings is 1. The normalized spacial score (nSPS) is 23.5. The standard InChI is InChI=1S/C16H18F3N3O2/c1-21(15(24)16(17,18)19)13-5-2-9-8-10(3-4-11(9)13)22-7-6-12(20)14(22)23/h3-4,8,12-13H,2,5-7,20H2,1H3/t12-,13?/m0/s1. The van der Waals surface area contributed by atoms with Crippen LogP contribution >= 0.6 is 0 Å². The Labute approximate surface area is 137 Å². The average Bonchev–Trinajstić information content (AvgIpc) is 3.09. The summed E-state index contributed by atoms with van der Waals surface area (Å²) in [5.41, 5.74) is 7.99. The van der Waals surface area contributed by atoms with Crippen molar-refractivity contribution in [3.63, 3.8) is 0 Å². The van der Waals surface area contributed by atoms with Gasteiger partial charge in [-0.1, -0.05) is 6.07 Å². The van der Waals surface area contributed by atoms with E-state index in [1.54, 1.807) is 17.0 Å². The fraction of sp³-hybridized carbons (Fsp3) is 0.500. The van der Waals surface area contributed by atoms with Gasteiger partial charge in [0.2, 0.25) is 5.91 Å². The number of nitrogens with two attached hydrogens (primary N) is 1. The maximum atomic E-state index is 12.6. The van der Waals surface area contributed by atoms with Gasteiger partial charge in [0.15, 0.2) is 0 Å². The van der Waals surface area contributed by atoms with Crippen LogP contribution in [0.15, 0.2) is 18.2 Å². The maximum absolute atomic E-state index is 12.6. The number of alkyl halides is 3. The summed E-state index contributed by atoms with van der Waals surface area (Å²) in [6.45, 7) is 0.536. The maximum Gasteiger partial charge on any atom is 0.471 e. The number of fused-ring (bicyclic) bond motifs is 1. The van der Waals surface area contributed by atoms with Gasteiger partial charge in [0.25, 0.3) is 0 Å². The number of amides is 2. The van der Waals surface area contributed by atoms with Gasteiger partial charge in [-0.2, -0.15) is 13.2 Å². The second kappa shape index (κ2) is 5.77. The van der Waals surface area contributed by atoms with E-state index >= 15 is 0 Å². The zero-order valence-electron chi connectivity index (χ0n) is 13.1. The van der Waals surface area contributed by atoms with E-state index in [-0.39, 0.29) is 5.91 Å². The molecular formula is C16H18F3N3O2. The third kappa shape index (κ3) is 2.75. The minimum Gasteiger partial charge on any atom is -0.331 e. The number of anilines is 1. The number of rotatable bonds is 2. The summed E-state index contributed by atoms with van der Waals surface area (Å²) in [5, 5.41) is 0. The third-order valence-electron chi connectivity index (χ3n) is 4.76. The van der Waals surface area contributed by atoms with Crippen molar-refractivity contribution in [3.8, 4) is 0 Å². The first-order chi connectivity index (χ1) is 11.2. The van der Waals surface area contributed by atoms with Crippen molar-refractivity contribution < 1.29 is 22.8 Å². The van der Waals surface area contributed by atoms with Crippen molar-refractivity contribution >= 4 is 17.5 Å². The van der Waals surface area contributed by atoms with Gasteiger partial charge in [-0.05, 0) is 42.5 Å². The highest BCUT2D eigenvalue weighted by Gasteiger charge is 2.44. The molecule has 2 aliphatic rings. The Hall–Kier alpha value is -2.09. The molecule has 1 fully saturated rings. The molecule has 8 heteroatoms. The number of carbonyl (C=O) groups is 2. The number of nitrogens with zero attached hydrogens (tertiary/aromatic N) is 2. The predicted molar refractivity (Wildman–Crippen MR) is 81.3 cm³/mol. The molecule has 24 heavy (non-hydrogen) atoms. The van der Waals surface area contributed by atoms with Crippen LogP contribution < -0.4 is 10.6 Å². The van der Waals surface area contributed by atoms with Crippen molar-refractivity contribution in [1.82, 2.24) is 4.90 Å². The Balaban J connectivity index is 1.84. The first-order valence-electron chi connectivity index (χ1n) is 7.74. The highest BCUT2D eigenvalue weighted by atomic mass is 19.4. The fourth-order valence-corrected chi connectivity index (χ4v) is 3.45. The zero-order chi connectivity index (χ0) is 17.6. The highest BCUT2D eigenvalue weighted by molar-refractivity contribution is 5.99. The van der Waals surface area contributed by atoms with Crippen LogP contribution in [-0.4, -0.2) is 42.5 Å². The van der Waals surface area contributed by atoms with Crippen LogP contribution in [0.4, 0.5) is 18.9 Å². The van der Waals surface area contributed by atoms with Crippen molar-refractivity contribution in [2.45, 2.75) is 37.5 Å². The second-order valence-electron chi connectivity index (χ2n) is 6.24. The van der Waals surface area contributed by atoms with Crippen molar-refractivity contribution in [2.75, 3.05) is 18.5 Å². The van der Waals surface area contributed by atoms with E-state index in [2.05, 4.69) is 0 Å². The average molecular weight is 341 g/mol. The van der Waals surface area contributed by atoms with E-state index in [1.165, 1.54) is 7.05 Å². The summed E-state index contributed by atoms with van der Waals surface area (Å²) in [7, 11) is 1.17. The van der Waals surface area contributed by atoms with Crippen LogP contribution in [0.5, 0.6) is 0 Å². The summed E-state index contributed by atoms with van der Waals surface area (Å²) >= 11 is 0. The molecule has 1 unspecified atom stereocenters. The van der Waals surface area contributed by atoms with Crippen molar-refractivity contribution in [2.24, 2.45) is 5.73 Å². The van der Waals surface area contributed by atoms with Gasteiger partial charge in [-0.3, -0.25) is 9.59 Å². The lowest BCUT2D eigenvalue weighted by atomic mass is 10.1. The lowest BCUT2D eigenvalue weighted by molar-refractivity contribution is -0.186. The molecule has 130 valence electrons. The van der Waals surface area contributed by atoms with Crippen LogP contribution in [-0.2, 0) is 16.0 Å². The number of halogens is 3. The molecule has 2 N–H and O–H groups in total. The molecule has 0 radical (unpaired) electrons. The van der Waals surface area contributed by atoms with Gasteiger partial charge in [-0.25, -0.2) is 0 Å². The molecule has 2 atom stereocenters. The number of hydrogen-bond acceptors (Lipinski definition) is 3. The number of carbonyl (C=O) groups excluding carboxylic acids is 2. The fourth-order valence-electron chi connectivity index (χ4n) is 3.45. The minimum atomic E-state index is -4.88. The molecule has 1 aliphatic carbocycles. The van der Waals surface area contributed by atoms with Gasteiger partial charge in [0, 0.05) is 19.3 Å². The molecule has 1 saturated heterocycles. The Morgan fingerprint density at radius 1 is 1.33 bits per heavy atom. The molecule has 0 bridgehead atoms. The van der Waals surface area contributed by atoms with E-state index in [0.717, 1.165) is 10.5 Å². The van der Waals surface area contributed by atoms with Gasteiger partial charge in [0.1, 0.15) is 0 Å². The Kier molecular flexibility index (Phi) is 4.03. The lowest BCUT2D eigenvalue weighted by Crippen LogP contribution is -2.40. The summed E-state index contributed by atoms with van der Waals surface area (Å²) in [6.07, 6.45) is -3.29. The van der Waals surface area contributed by atoms with Crippen LogP contribution in [0.1, 0.15) is 30.0 Å². The smallest absolute Gasteiger partial charge is 0.331 e. The van der Waals surface area contributed by atoms with Gasteiger partial charge in [-0.15, -0.1) is 0 Å². The summed E-state index contributed by atoms with van der Waals surface area (Å²) in [6, 6.07) is 4.14. The molecule has 5 nitrogen and oxygen atoms in total. The van der Waals surface area contributed by atoms with Gasteiger partial charge >= 0.3 is 12.1 Å². The van der Waals surface area contributed by atoms with Crippen molar-refractivity contribution in [3.05, 3.63) is 29.3 Å². The van der Waals surface area contributed by atoms with Crippen LogP contribution in [0, 0.1) is 0 Å². The second-order valence-corrected chi connectivity index (χ2v) is 6.24. The van der Waals surface area contributed by atoms with Crippen LogP contribution in [0.3, 0.4) is 0 Å². The third-order valence-corrected chi connectivity index (χ3v) is 4.76. The lowest BCUT2D eigenvalue weighted by Gasteiger charge is -2.26. The Bertz CT molecular complexity index is 690. The van der Waals surface area contributed by atoms with E-state index in [9.17, 15) is 22.8 Å². The van der Waals surface area contributed by atoms with E-state index in [0.29, 0.717) is 37.1 Å². The summed E-state index contributed by atoms with van der Waals surface area (Å²) in [4.78, 5) is 25.8. The Morgan fingerprint density at radius 3 is 2.62 bits per heavy atom. The van der Waals surface area contributed by atoms with E-state index < -0.39 is 24.2 Å². The molecule has 0 saturated carbocycles. The first-order valence-corrected chi connectivity index (χ1v) is 7.74. The molecule has 2 amide bonds. The molecule has 3 rings (SSSR count). The quantitative estimate of drug-likeness (QED) is 0.891. The molecule has 1 heterocycles. The topological polar surface area (TPSA) is 66.6 Å². The largest absolute Gasteiger partial charge is 0.471 e. The minimum absolute atomic E-state index is 0.145. The molecule has 1 aromatic carbocycles. The summed E-state index contributed by atoms with van der Waals surface area (Å²) in [5.74, 6) is -1.99. The van der Waals surface area contributed by atoms with Crippen LogP contribution in [0.25, 0.3) is 0 Å². The number of aryl methyl sites for hydroxylation is 1. The molecule has 1 aliphatic heterocycles. The van der Waals surface area contributed by atoms with E-state index in [4.69, 9.17) is 5.73 Å². The zero-order valence-corrected chi connectivity index (χ0v) is 13.1. The Morgan fingerprint density at radius 2 is 2.04 bits per heavy atom. The summed E-state index contributed by atoms with van der Waals surface area (Å²) < 4.78 is 37.9. The van der Waals surface area contributed by atoms with Gasteiger partial charge < -0.3 is 15.5 Å². The van der Waals surface area contributed by atoms with Gasteiger partial charge in [0.05, 0.1) is 12.1 Å². The first kappa shape index (κ1) is 16.8. The SMILES string of the molecule is CN(C(=O)C(F)(F)F)C1CCc2cc(N3CC[C@H](N)C3=O)ccc21. The predicted octanol–water partition coefficient (Wildman–Crippen LogP) is 1.76. The van der Waals surface area contributed by atoms with Crippen molar-refractivity contribution in [1.29, 1.82) is 0 Å². The highest BCUT2D eigenvalue weighted by Crippen LogP contribution is 2.39. The molecule has 1 aromatic rings.